The lowest BCUT2D eigenvalue weighted by molar-refractivity contribution is -0.167. The van der Waals surface area contributed by atoms with Gasteiger partial charge in [0.2, 0.25) is 0 Å². The molecule has 0 aliphatic carbocycles. The summed E-state index contributed by atoms with van der Waals surface area (Å²) >= 11 is 0. The minimum absolute atomic E-state index is 0.0634. The molecule has 0 unspecified atom stereocenters. The fraction of sp³-hybridized carbons (Fsp3) is 0.318. The van der Waals surface area contributed by atoms with E-state index in [9.17, 15) is 18.4 Å². The molecule has 0 bridgehead atoms. The number of hydrogen-bond acceptors (Lipinski definition) is 6. The molecule has 4 aromatic rings. The average molecular weight is 452 g/mol. The van der Waals surface area contributed by atoms with E-state index < -0.39 is 18.3 Å². The highest BCUT2D eigenvalue weighted by Gasteiger charge is 2.48. The molecule has 11 heteroatoms. The quantitative estimate of drug-likeness (QED) is 0.461. The van der Waals surface area contributed by atoms with Crippen molar-refractivity contribution in [1.82, 2.24) is 34.4 Å². The van der Waals surface area contributed by atoms with Crippen LogP contribution in [-0.2, 0) is 12.6 Å². The smallest absolute Gasteiger partial charge is 0.290 e. The third-order valence-electron chi connectivity index (χ3n) is 5.79. The Morgan fingerprint density at radius 3 is 2.64 bits per heavy atom. The van der Waals surface area contributed by atoms with Crippen LogP contribution >= 0.6 is 0 Å². The van der Waals surface area contributed by atoms with Crippen molar-refractivity contribution in [3.63, 3.8) is 0 Å². The predicted octanol–water partition coefficient (Wildman–Crippen LogP) is 3.38. The van der Waals surface area contributed by atoms with Crippen molar-refractivity contribution in [1.29, 1.82) is 5.26 Å². The second-order valence-electron chi connectivity index (χ2n) is 8.32. The number of alkyl halides is 3. The van der Waals surface area contributed by atoms with Crippen LogP contribution in [-0.4, -0.2) is 60.2 Å². The van der Waals surface area contributed by atoms with Crippen LogP contribution in [0, 0.1) is 11.3 Å². The molecule has 1 aliphatic heterocycles. The van der Waals surface area contributed by atoms with E-state index in [1.54, 1.807) is 34.2 Å². The number of aromatic nitrogens is 6. The molecule has 0 spiro atoms. The first-order valence-corrected chi connectivity index (χ1v) is 10.2. The van der Waals surface area contributed by atoms with Gasteiger partial charge in [-0.15, -0.1) is 0 Å². The lowest BCUT2D eigenvalue weighted by Gasteiger charge is -2.49. The number of likely N-dealkylation sites (tertiary alicyclic amines) is 1. The zero-order valence-corrected chi connectivity index (χ0v) is 17.7. The van der Waals surface area contributed by atoms with Crippen LogP contribution in [0.5, 0.6) is 0 Å². The number of nitrogens with zero attached hydrogens (tertiary/aromatic N) is 8. The molecular weight excluding hydrogens is 433 g/mol. The zero-order valence-electron chi connectivity index (χ0n) is 17.7. The summed E-state index contributed by atoms with van der Waals surface area (Å²) in [4.78, 5) is 10.6. The van der Waals surface area contributed by atoms with E-state index in [-0.39, 0.29) is 19.5 Å². The third-order valence-corrected chi connectivity index (χ3v) is 5.79. The summed E-state index contributed by atoms with van der Waals surface area (Å²) in [5, 5.41) is 18.8. The minimum Gasteiger partial charge on any atom is -0.290 e. The van der Waals surface area contributed by atoms with E-state index >= 15 is 0 Å². The van der Waals surface area contributed by atoms with Crippen LogP contribution in [0.25, 0.3) is 33.4 Å². The van der Waals surface area contributed by atoms with Gasteiger partial charge < -0.3 is 0 Å². The molecule has 0 radical (unpaired) electrons. The summed E-state index contributed by atoms with van der Waals surface area (Å²) < 4.78 is 41.6. The van der Waals surface area contributed by atoms with Gasteiger partial charge in [0.1, 0.15) is 5.54 Å². The van der Waals surface area contributed by atoms with Crippen LogP contribution in [0.2, 0.25) is 0 Å². The van der Waals surface area contributed by atoms with Gasteiger partial charge in [0.05, 0.1) is 48.3 Å². The molecule has 4 aromatic heterocycles. The molecular formula is C22H19F3N8. The van der Waals surface area contributed by atoms with Crippen molar-refractivity contribution < 1.29 is 13.2 Å². The Hall–Kier alpha value is -3.78. The second kappa shape index (κ2) is 7.67. The molecule has 0 N–H and O–H groups in total. The van der Waals surface area contributed by atoms with Gasteiger partial charge >= 0.3 is 6.18 Å². The van der Waals surface area contributed by atoms with Gasteiger partial charge in [-0.2, -0.15) is 28.6 Å². The average Bonchev–Trinajstić information content (AvgIpc) is 3.40. The first-order valence-electron chi connectivity index (χ1n) is 10.2. The maximum absolute atomic E-state index is 12.8. The van der Waals surface area contributed by atoms with E-state index in [4.69, 9.17) is 4.98 Å². The molecule has 8 nitrogen and oxygen atoms in total. The van der Waals surface area contributed by atoms with Gasteiger partial charge in [-0.3, -0.25) is 19.2 Å². The van der Waals surface area contributed by atoms with E-state index in [1.165, 1.54) is 4.90 Å². The summed E-state index contributed by atoms with van der Waals surface area (Å²) in [6.07, 6.45) is 4.45. The van der Waals surface area contributed by atoms with Crippen LogP contribution in [0.4, 0.5) is 13.2 Å². The fourth-order valence-electron chi connectivity index (χ4n) is 4.34. The number of rotatable bonds is 5. The lowest BCUT2D eigenvalue weighted by atomic mass is 9.87. The molecule has 0 aromatic carbocycles. The predicted molar refractivity (Wildman–Crippen MR) is 114 cm³/mol. The molecule has 0 atom stereocenters. The van der Waals surface area contributed by atoms with E-state index in [0.29, 0.717) is 17.0 Å². The van der Waals surface area contributed by atoms with Crippen molar-refractivity contribution >= 4 is 10.9 Å². The van der Waals surface area contributed by atoms with Crippen LogP contribution < -0.4 is 0 Å². The molecule has 168 valence electrons. The molecule has 1 aliphatic rings. The van der Waals surface area contributed by atoms with E-state index in [1.807, 2.05) is 31.4 Å². The Balaban J connectivity index is 1.53. The molecule has 5 heterocycles. The number of pyridine rings is 2. The highest BCUT2D eigenvalue weighted by atomic mass is 19.4. The summed E-state index contributed by atoms with van der Waals surface area (Å²) in [5.41, 5.74) is 2.84. The number of fused-ring (bicyclic) bond motifs is 1. The van der Waals surface area contributed by atoms with Crippen molar-refractivity contribution in [3.05, 3.63) is 49.2 Å². The zero-order chi connectivity index (χ0) is 23.2. The topological polar surface area (TPSA) is 88.5 Å². The maximum Gasteiger partial charge on any atom is 0.401 e. The Bertz CT molecular complexity index is 1360. The molecule has 33 heavy (non-hydrogen) atoms. The van der Waals surface area contributed by atoms with Crippen molar-refractivity contribution in [2.24, 2.45) is 7.05 Å². The molecule has 0 saturated carbocycles. The van der Waals surface area contributed by atoms with Crippen LogP contribution in [0.1, 0.15) is 6.42 Å². The molecule has 1 saturated heterocycles. The van der Waals surface area contributed by atoms with E-state index in [2.05, 4.69) is 21.3 Å². The SMILES string of the molecule is Cn1cc(-c2cc3ncccc3c(-c3cnn(C4(CC#N)CN(CC(F)(F)F)C4)c3)n2)cn1. The van der Waals surface area contributed by atoms with Crippen molar-refractivity contribution in [2.75, 3.05) is 19.6 Å². The number of aryl methyl sites for hydroxylation is 1. The number of nitriles is 1. The third kappa shape index (κ3) is 3.93. The van der Waals surface area contributed by atoms with Gasteiger partial charge in [0, 0.05) is 55.2 Å². The summed E-state index contributed by atoms with van der Waals surface area (Å²) in [7, 11) is 1.82. The highest BCUT2D eigenvalue weighted by Crippen LogP contribution is 2.36. The van der Waals surface area contributed by atoms with Gasteiger partial charge in [0.15, 0.2) is 0 Å². The molecule has 1 fully saturated rings. The maximum atomic E-state index is 12.8. The summed E-state index contributed by atoms with van der Waals surface area (Å²) in [5.74, 6) is 0. The van der Waals surface area contributed by atoms with Crippen molar-refractivity contribution in [2.45, 2.75) is 18.1 Å². The summed E-state index contributed by atoms with van der Waals surface area (Å²) in [6.45, 7) is -0.793. The second-order valence-corrected chi connectivity index (χ2v) is 8.32. The summed E-state index contributed by atoms with van der Waals surface area (Å²) in [6, 6.07) is 7.72. The van der Waals surface area contributed by atoms with Crippen molar-refractivity contribution in [3.8, 4) is 28.6 Å². The Kier molecular flexibility index (Phi) is 4.90. The Labute approximate surface area is 186 Å². The van der Waals surface area contributed by atoms with Gasteiger partial charge in [-0.05, 0) is 18.2 Å². The number of hydrogen-bond donors (Lipinski definition) is 0. The molecule has 5 rings (SSSR count). The first-order chi connectivity index (χ1) is 15.8. The first kappa shape index (κ1) is 21.1. The van der Waals surface area contributed by atoms with Crippen LogP contribution in [0.15, 0.2) is 49.2 Å². The fourth-order valence-corrected chi connectivity index (χ4v) is 4.34. The molecule has 0 amide bonds. The number of halogens is 3. The Morgan fingerprint density at radius 2 is 1.94 bits per heavy atom. The Morgan fingerprint density at radius 1 is 1.15 bits per heavy atom. The van der Waals surface area contributed by atoms with Gasteiger partial charge in [-0.1, -0.05) is 0 Å². The minimum atomic E-state index is -4.28. The largest absolute Gasteiger partial charge is 0.401 e. The van der Waals surface area contributed by atoms with E-state index in [0.717, 1.165) is 16.5 Å². The van der Waals surface area contributed by atoms with Gasteiger partial charge in [0.25, 0.3) is 0 Å². The monoisotopic (exact) mass is 452 g/mol. The standard InChI is InChI=1S/C22H19F3N8/c1-31-10-15(8-28-31)18-7-19-17(3-2-6-27-19)20(30-18)16-9-29-33(11-16)21(4-5-26)12-32(13-21)14-22(23,24)25/h2-3,6-11H,4,12-14H2,1H3. The highest BCUT2D eigenvalue weighted by molar-refractivity contribution is 5.94. The van der Waals surface area contributed by atoms with Gasteiger partial charge in [-0.25, -0.2) is 4.98 Å². The normalized spacial score (nSPS) is 16.0. The lowest BCUT2D eigenvalue weighted by Crippen LogP contribution is -2.64. The van der Waals surface area contributed by atoms with Crippen LogP contribution in [0.3, 0.4) is 0 Å².